The van der Waals surface area contributed by atoms with Gasteiger partial charge in [-0.1, -0.05) is 12.1 Å². The summed E-state index contributed by atoms with van der Waals surface area (Å²) in [5.41, 5.74) is 4.92. The van der Waals surface area contributed by atoms with E-state index in [1.54, 1.807) is 0 Å². The highest BCUT2D eigenvalue weighted by molar-refractivity contribution is 5.73. The number of benzene rings is 1. The zero-order valence-corrected chi connectivity index (χ0v) is 8.44. The topological polar surface area (TPSA) is 41.3 Å². The molecule has 78 valence electrons. The number of para-hydroxylation sites is 2. The molecule has 0 bridgehead atoms. The van der Waals surface area contributed by atoms with Gasteiger partial charge in [0, 0.05) is 13.1 Å². The Hall–Kier alpha value is -1.55. The van der Waals surface area contributed by atoms with Crippen LogP contribution in [0.5, 0.6) is 0 Å². The second kappa shape index (κ2) is 3.55. The molecule has 0 radical (unpaired) electrons. The van der Waals surface area contributed by atoms with E-state index in [9.17, 15) is 0 Å². The normalized spacial score (nSPS) is 17.3. The fraction of sp³-hybridized carbons (Fsp3) is 0.364. The van der Waals surface area contributed by atoms with E-state index < -0.39 is 0 Å². The lowest BCUT2D eigenvalue weighted by Gasteiger charge is -2.13. The molecule has 1 aliphatic heterocycles. The van der Waals surface area contributed by atoms with Crippen molar-refractivity contribution in [3.63, 3.8) is 0 Å². The number of hydrogen-bond acceptors (Lipinski definition) is 4. The van der Waals surface area contributed by atoms with Crippen LogP contribution >= 0.6 is 0 Å². The van der Waals surface area contributed by atoms with Gasteiger partial charge in [-0.15, -0.1) is 0 Å². The van der Waals surface area contributed by atoms with Crippen LogP contribution < -0.4 is 5.43 Å². The van der Waals surface area contributed by atoms with Crippen LogP contribution in [-0.4, -0.2) is 23.1 Å². The Bertz CT molecular complexity index is 427. The van der Waals surface area contributed by atoms with Gasteiger partial charge >= 0.3 is 6.01 Å². The number of hydrazine groups is 1. The van der Waals surface area contributed by atoms with E-state index in [4.69, 9.17) is 4.42 Å². The van der Waals surface area contributed by atoms with Crippen LogP contribution in [0.4, 0.5) is 6.01 Å². The van der Waals surface area contributed by atoms with Gasteiger partial charge in [-0.2, -0.15) is 4.98 Å². The fourth-order valence-corrected chi connectivity index (χ4v) is 1.88. The van der Waals surface area contributed by atoms with Gasteiger partial charge in [-0.05, 0) is 25.0 Å². The van der Waals surface area contributed by atoms with Crippen LogP contribution in [0.2, 0.25) is 0 Å². The summed E-state index contributed by atoms with van der Waals surface area (Å²) in [6.07, 6.45) is 2.49. The summed E-state index contributed by atoms with van der Waals surface area (Å²) in [7, 11) is 0. The molecule has 4 heteroatoms. The number of anilines is 1. The van der Waals surface area contributed by atoms with Crippen molar-refractivity contribution in [2.24, 2.45) is 0 Å². The number of fused-ring (bicyclic) bond motifs is 1. The summed E-state index contributed by atoms with van der Waals surface area (Å²) in [5.74, 6) is 0. The van der Waals surface area contributed by atoms with Crippen LogP contribution in [0.25, 0.3) is 11.1 Å². The number of aromatic nitrogens is 1. The summed E-state index contributed by atoms with van der Waals surface area (Å²) in [6.45, 7) is 2.14. The second-order valence-corrected chi connectivity index (χ2v) is 3.79. The molecule has 1 aromatic carbocycles. The summed E-state index contributed by atoms with van der Waals surface area (Å²) < 4.78 is 5.57. The molecule has 2 aromatic rings. The Kier molecular flexibility index (Phi) is 2.07. The summed E-state index contributed by atoms with van der Waals surface area (Å²) in [6, 6.07) is 8.39. The van der Waals surface area contributed by atoms with Gasteiger partial charge in [0.05, 0.1) is 0 Å². The number of rotatable bonds is 2. The third-order valence-electron chi connectivity index (χ3n) is 2.65. The first kappa shape index (κ1) is 8.73. The van der Waals surface area contributed by atoms with Crippen LogP contribution in [-0.2, 0) is 0 Å². The quantitative estimate of drug-likeness (QED) is 0.812. The Morgan fingerprint density at radius 2 is 2.00 bits per heavy atom. The second-order valence-electron chi connectivity index (χ2n) is 3.79. The third kappa shape index (κ3) is 1.68. The largest absolute Gasteiger partial charge is 0.423 e. The lowest BCUT2D eigenvalue weighted by Crippen LogP contribution is -2.26. The Labute approximate surface area is 87.9 Å². The van der Waals surface area contributed by atoms with Crippen molar-refractivity contribution in [2.75, 3.05) is 18.5 Å². The van der Waals surface area contributed by atoms with Crippen molar-refractivity contribution in [2.45, 2.75) is 12.8 Å². The fourth-order valence-electron chi connectivity index (χ4n) is 1.88. The predicted molar refractivity (Wildman–Crippen MR) is 58.4 cm³/mol. The molecular weight excluding hydrogens is 190 g/mol. The highest BCUT2D eigenvalue weighted by Gasteiger charge is 2.13. The average molecular weight is 203 g/mol. The standard InChI is InChI=1S/C11H13N3O/c1-2-6-10-9(5-1)12-11(15-10)13-14-7-3-4-8-14/h1-2,5-6H,3-4,7-8H2,(H,12,13). The maximum Gasteiger partial charge on any atom is 0.310 e. The highest BCUT2D eigenvalue weighted by atomic mass is 16.4. The van der Waals surface area contributed by atoms with Gasteiger partial charge in [0.15, 0.2) is 5.58 Å². The molecule has 0 unspecified atom stereocenters. The van der Waals surface area contributed by atoms with E-state index >= 15 is 0 Å². The van der Waals surface area contributed by atoms with Gasteiger partial charge in [-0.25, -0.2) is 5.01 Å². The molecule has 15 heavy (non-hydrogen) atoms. The minimum absolute atomic E-state index is 0.595. The first-order chi connectivity index (χ1) is 7.42. The van der Waals surface area contributed by atoms with Gasteiger partial charge in [-0.3, -0.25) is 5.43 Å². The first-order valence-corrected chi connectivity index (χ1v) is 5.29. The van der Waals surface area contributed by atoms with Crippen molar-refractivity contribution >= 4 is 17.1 Å². The lowest BCUT2D eigenvalue weighted by atomic mass is 10.3. The van der Waals surface area contributed by atoms with Crippen molar-refractivity contribution in [1.29, 1.82) is 0 Å². The molecule has 0 atom stereocenters. The molecular formula is C11H13N3O. The molecule has 1 saturated heterocycles. The van der Waals surface area contributed by atoms with Crippen molar-refractivity contribution in [3.05, 3.63) is 24.3 Å². The van der Waals surface area contributed by atoms with Crippen LogP contribution in [0.1, 0.15) is 12.8 Å². The number of oxazole rings is 1. The van der Waals surface area contributed by atoms with Gasteiger partial charge in [0.25, 0.3) is 0 Å². The zero-order valence-electron chi connectivity index (χ0n) is 8.44. The SMILES string of the molecule is c1ccc2oc(NN3CCCC3)nc2c1. The third-order valence-corrected chi connectivity index (χ3v) is 2.65. The van der Waals surface area contributed by atoms with E-state index in [1.807, 2.05) is 24.3 Å². The minimum Gasteiger partial charge on any atom is -0.423 e. The molecule has 0 aliphatic carbocycles. The monoisotopic (exact) mass is 203 g/mol. The van der Waals surface area contributed by atoms with E-state index in [-0.39, 0.29) is 0 Å². The maximum absolute atomic E-state index is 5.57. The lowest BCUT2D eigenvalue weighted by molar-refractivity contribution is 0.389. The Morgan fingerprint density at radius 3 is 2.80 bits per heavy atom. The predicted octanol–water partition coefficient (Wildman–Crippen LogP) is 2.25. The van der Waals surface area contributed by atoms with Gasteiger partial charge in [0.1, 0.15) is 5.52 Å². The van der Waals surface area contributed by atoms with Crippen molar-refractivity contribution < 1.29 is 4.42 Å². The molecule has 0 amide bonds. The molecule has 1 aromatic heterocycles. The van der Waals surface area contributed by atoms with Crippen molar-refractivity contribution in [3.8, 4) is 0 Å². The van der Waals surface area contributed by atoms with Crippen LogP contribution in [0.3, 0.4) is 0 Å². The minimum atomic E-state index is 0.595. The van der Waals surface area contributed by atoms with E-state index in [0.29, 0.717) is 6.01 Å². The van der Waals surface area contributed by atoms with E-state index in [2.05, 4.69) is 15.4 Å². The number of nitrogens with zero attached hydrogens (tertiary/aromatic N) is 2. The average Bonchev–Trinajstić information content (AvgIpc) is 2.86. The molecule has 1 aliphatic rings. The summed E-state index contributed by atoms with van der Waals surface area (Å²) in [5, 5.41) is 2.14. The summed E-state index contributed by atoms with van der Waals surface area (Å²) >= 11 is 0. The molecule has 2 heterocycles. The maximum atomic E-state index is 5.57. The van der Waals surface area contributed by atoms with E-state index in [1.165, 1.54) is 12.8 Å². The smallest absolute Gasteiger partial charge is 0.310 e. The number of hydrogen-bond donors (Lipinski definition) is 1. The first-order valence-electron chi connectivity index (χ1n) is 5.29. The molecule has 0 spiro atoms. The Morgan fingerprint density at radius 1 is 1.20 bits per heavy atom. The Balaban J connectivity index is 1.84. The molecule has 1 fully saturated rings. The van der Waals surface area contributed by atoms with Gasteiger partial charge in [0.2, 0.25) is 0 Å². The van der Waals surface area contributed by atoms with Crippen molar-refractivity contribution in [1.82, 2.24) is 9.99 Å². The van der Waals surface area contributed by atoms with E-state index in [0.717, 1.165) is 24.2 Å². The van der Waals surface area contributed by atoms with Crippen LogP contribution in [0, 0.1) is 0 Å². The highest BCUT2D eigenvalue weighted by Crippen LogP contribution is 2.19. The zero-order chi connectivity index (χ0) is 10.1. The van der Waals surface area contributed by atoms with Gasteiger partial charge < -0.3 is 4.42 Å². The molecule has 0 saturated carbocycles. The molecule has 4 nitrogen and oxygen atoms in total. The molecule has 1 N–H and O–H groups in total. The number of nitrogens with one attached hydrogen (secondary N) is 1. The van der Waals surface area contributed by atoms with Crippen LogP contribution in [0.15, 0.2) is 28.7 Å². The molecule has 3 rings (SSSR count). The summed E-state index contributed by atoms with van der Waals surface area (Å²) in [4.78, 5) is 4.36.